The van der Waals surface area contributed by atoms with E-state index < -0.39 is 18.3 Å². The molecule has 0 bridgehead atoms. The van der Waals surface area contributed by atoms with Crippen LogP contribution in [-0.2, 0) is 18.9 Å². The Bertz CT molecular complexity index is 1110. The molecule has 8 nitrogen and oxygen atoms in total. The van der Waals surface area contributed by atoms with Gasteiger partial charge < -0.3 is 35.1 Å². The fourth-order valence-electron chi connectivity index (χ4n) is 13.4. The van der Waals surface area contributed by atoms with Gasteiger partial charge in [0.1, 0.15) is 6.10 Å². The summed E-state index contributed by atoms with van der Waals surface area (Å²) in [4.78, 5) is 11.8. The Morgan fingerprint density at radius 1 is 1.05 bits per heavy atom. The van der Waals surface area contributed by atoms with E-state index in [0.717, 1.165) is 39.0 Å². The summed E-state index contributed by atoms with van der Waals surface area (Å²) in [6.07, 6.45) is 7.15. The van der Waals surface area contributed by atoms with Gasteiger partial charge in [0, 0.05) is 18.5 Å². The lowest BCUT2D eigenvalue weighted by atomic mass is 9.41. The number of aliphatic hydroxyl groups excluding tert-OH is 1. The number of aliphatic hydroxyl groups is 1. The molecule has 2 spiro atoms. The number of fused-ring (bicyclic) bond motifs is 4. The molecule has 2 unspecified atom stereocenters. The molecule has 5 saturated carbocycles. The Labute approximate surface area is 258 Å². The van der Waals surface area contributed by atoms with Crippen LogP contribution in [-0.4, -0.2) is 67.7 Å². The topological polar surface area (TPSA) is 112 Å². The van der Waals surface area contributed by atoms with Crippen LogP contribution < -0.4 is 11.1 Å². The van der Waals surface area contributed by atoms with E-state index >= 15 is 0 Å². The number of primary amides is 1. The molecule has 7 aliphatic rings. The van der Waals surface area contributed by atoms with Crippen molar-refractivity contribution in [2.24, 2.45) is 62.4 Å². The molecule has 43 heavy (non-hydrogen) atoms. The lowest BCUT2D eigenvalue weighted by molar-refractivity contribution is -0.237. The minimum atomic E-state index is -0.750. The third-order valence-electron chi connectivity index (χ3n) is 15.3. The van der Waals surface area contributed by atoms with Crippen molar-refractivity contribution in [3.05, 3.63) is 0 Å². The summed E-state index contributed by atoms with van der Waals surface area (Å²) in [7, 11) is 0. The zero-order chi connectivity index (χ0) is 30.7. The summed E-state index contributed by atoms with van der Waals surface area (Å²) in [5, 5.41) is 15.9. The second kappa shape index (κ2) is 10.0. The molecule has 7 fully saturated rings. The van der Waals surface area contributed by atoms with E-state index in [1.807, 2.05) is 0 Å². The van der Waals surface area contributed by atoms with Crippen LogP contribution in [0, 0.1) is 56.7 Å². The number of carbonyl (C=O) groups excluding carboxylic acids is 1. The molecule has 244 valence electrons. The fraction of sp³-hybridized carbons (Fsp3) is 0.971. The quantitative estimate of drug-likeness (QED) is 0.394. The van der Waals surface area contributed by atoms with Crippen LogP contribution in [0.1, 0.15) is 99.8 Å². The molecule has 0 radical (unpaired) electrons. The average molecular weight is 603 g/mol. The Morgan fingerprint density at radius 3 is 2.44 bits per heavy atom. The first-order valence-corrected chi connectivity index (χ1v) is 17.5. The Kier molecular flexibility index (Phi) is 7.17. The summed E-state index contributed by atoms with van der Waals surface area (Å²) < 4.78 is 25.1. The summed E-state index contributed by atoms with van der Waals surface area (Å²) >= 11 is 0. The van der Waals surface area contributed by atoms with Gasteiger partial charge in [-0.1, -0.05) is 48.5 Å². The smallest absolute Gasteiger partial charge is 0.404 e. The number of hydrogen-bond donors (Lipinski definition) is 3. The maximum atomic E-state index is 12.5. The Morgan fingerprint density at radius 2 is 1.77 bits per heavy atom. The van der Waals surface area contributed by atoms with Gasteiger partial charge in [-0.3, -0.25) is 0 Å². The summed E-state index contributed by atoms with van der Waals surface area (Å²) in [6.45, 7) is 18.7. The van der Waals surface area contributed by atoms with Crippen LogP contribution >= 0.6 is 0 Å². The zero-order valence-electron chi connectivity index (χ0n) is 27.7. The van der Waals surface area contributed by atoms with Crippen LogP contribution in [0.2, 0.25) is 0 Å². The Hall–Kier alpha value is -0.930. The minimum absolute atomic E-state index is 0.00697. The van der Waals surface area contributed by atoms with E-state index in [-0.39, 0.29) is 46.8 Å². The van der Waals surface area contributed by atoms with Gasteiger partial charge in [-0.2, -0.15) is 0 Å². The number of rotatable bonds is 5. The molecule has 14 atom stereocenters. The van der Waals surface area contributed by atoms with Gasteiger partial charge in [0.15, 0.2) is 6.29 Å². The van der Waals surface area contributed by atoms with Crippen molar-refractivity contribution < 1.29 is 28.8 Å². The number of morpholine rings is 1. The second-order valence-corrected chi connectivity index (χ2v) is 17.3. The van der Waals surface area contributed by atoms with Crippen molar-refractivity contribution in [2.45, 2.75) is 137 Å². The second-order valence-electron chi connectivity index (χ2n) is 17.3. The first kappa shape index (κ1) is 30.7. The van der Waals surface area contributed by atoms with Gasteiger partial charge >= 0.3 is 6.09 Å². The monoisotopic (exact) mass is 602 g/mol. The molecule has 2 aliphatic heterocycles. The highest BCUT2D eigenvalue weighted by Crippen LogP contribution is 2.89. The van der Waals surface area contributed by atoms with E-state index in [0.29, 0.717) is 34.5 Å². The third-order valence-corrected chi connectivity index (χ3v) is 15.3. The predicted octanol–water partition coefficient (Wildman–Crippen LogP) is 5.25. The molecule has 0 aromatic heterocycles. The molecular formula is C35H58N2O6. The van der Waals surface area contributed by atoms with Gasteiger partial charge in [0.25, 0.3) is 0 Å². The molecular weight excluding hydrogens is 544 g/mol. The normalized spacial score (nSPS) is 53.9. The number of nitrogens with two attached hydrogens (primary N) is 1. The zero-order valence-corrected chi connectivity index (χ0v) is 27.7. The number of amides is 1. The molecule has 5 aliphatic carbocycles. The van der Waals surface area contributed by atoms with Crippen LogP contribution in [0.15, 0.2) is 0 Å². The highest BCUT2D eigenvalue weighted by molar-refractivity contribution is 5.64. The molecule has 8 heteroatoms. The van der Waals surface area contributed by atoms with E-state index in [9.17, 15) is 9.90 Å². The summed E-state index contributed by atoms with van der Waals surface area (Å²) in [5.74, 6) is 1.87. The lowest BCUT2D eigenvalue weighted by Crippen LogP contribution is -2.60. The van der Waals surface area contributed by atoms with Gasteiger partial charge in [-0.15, -0.1) is 0 Å². The van der Waals surface area contributed by atoms with Gasteiger partial charge in [-0.05, 0) is 103 Å². The minimum Gasteiger partial charge on any atom is -0.443 e. The highest BCUT2D eigenvalue weighted by Gasteiger charge is 2.84. The van der Waals surface area contributed by atoms with Crippen molar-refractivity contribution in [1.82, 2.24) is 5.32 Å². The van der Waals surface area contributed by atoms with Crippen molar-refractivity contribution in [2.75, 3.05) is 19.7 Å². The number of carbonyl (C=O) groups is 1. The maximum absolute atomic E-state index is 12.5. The van der Waals surface area contributed by atoms with Crippen molar-refractivity contribution >= 4 is 6.09 Å². The largest absolute Gasteiger partial charge is 0.443 e. The predicted molar refractivity (Wildman–Crippen MR) is 163 cm³/mol. The Balaban J connectivity index is 1.16. The first-order valence-electron chi connectivity index (χ1n) is 17.5. The van der Waals surface area contributed by atoms with Gasteiger partial charge in [0.2, 0.25) is 0 Å². The van der Waals surface area contributed by atoms with E-state index in [1.54, 1.807) is 0 Å². The van der Waals surface area contributed by atoms with Gasteiger partial charge in [-0.25, -0.2) is 4.79 Å². The first-order chi connectivity index (χ1) is 20.2. The van der Waals surface area contributed by atoms with E-state index in [1.165, 1.54) is 32.1 Å². The average Bonchev–Trinajstić information content (AvgIpc) is 3.58. The highest BCUT2D eigenvalue weighted by atomic mass is 16.7. The van der Waals surface area contributed by atoms with Crippen molar-refractivity contribution in [3.63, 3.8) is 0 Å². The summed E-state index contributed by atoms with van der Waals surface area (Å²) in [5.41, 5.74) is 6.03. The molecule has 0 aromatic rings. The van der Waals surface area contributed by atoms with E-state index in [4.69, 9.17) is 24.7 Å². The molecule has 0 aromatic carbocycles. The molecule has 2 heterocycles. The van der Waals surface area contributed by atoms with Crippen LogP contribution in [0.5, 0.6) is 0 Å². The van der Waals surface area contributed by atoms with Crippen LogP contribution in [0.4, 0.5) is 4.79 Å². The lowest BCUT2D eigenvalue weighted by Gasteiger charge is -2.63. The fourth-order valence-corrected chi connectivity index (χ4v) is 13.4. The maximum Gasteiger partial charge on any atom is 0.404 e. The van der Waals surface area contributed by atoms with E-state index in [2.05, 4.69) is 53.8 Å². The number of hydrogen-bond acceptors (Lipinski definition) is 7. The van der Waals surface area contributed by atoms with Gasteiger partial charge in [0.05, 0.1) is 31.0 Å². The molecule has 2 saturated heterocycles. The van der Waals surface area contributed by atoms with Crippen LogP contribution in [0.25, 0.3) is 0 Å². The number of ether oxygens (including phenoxy) is 4. The molecule has 1 amide bonds. The third kappa shape index (κ3) is 4.01. The van der Waals surface area contributed by atoms with Crippen LogP contribution in [0.3, 0.4) is 0 Å². The molecule has 7 rings (SSSR count). The summed E-state index contributed by atoms with van der Waals surface area (Å²) in [6, 6.07) is 0. The molecule has 4 N–H and O–H groups in total. The standard InChI is InChI=1S/C35H58N2O6/c1-19(2)27(43-30(36)39)21-16-20(3)26-28(41-21)29(38)33(7)23-9-8-22-31(4,5)24(42-25-17-37-14-15-40-25)10-11-34(22)18-35(23,34)13-12-32(26,33)6/h19-29,37-38H,8-18H2,1-7H3,(H2,36,39)/t20-,21-,22+,23+,24?,25+,26+,27-,28+,29+,32-,33-,34-,35?/m1/s1. The SMILES string of the molecule is CC(C)[C@@H](OC(N)=O)[C@H]1C[C@@H](C)[C@H]2[C@H](O1)[C@H](O)[C@@]1(C)[C@@H]3CC[C@H]4C(C)(C)C(O[C@H]5CNCCO5)CC[C@@]45CC35CC[C@]21C. The van der Waals surface area contributed by atoms with Crippen molar-refractivity contribution in [1.29, 1.82) is 0 Å². The van der Waals surface area contributed by atoms with Crippen molar-refractivity contribution in [3.8, 4) is 0 Å². The number of nitrogens with one attached hydrogen (secondary N) is 1.